The van der Waals surface area contributed by atoms with Crippen molar-refractivity contribution < 1.29 is 0 Å². The molecule has 0 saturated heterocycles. The van der Waals surface area contributed by atoms with Crippen molar-refractivity contribution in [3.8, 4) is 6.07 Å². The Kier molecular flexibility index (Phi) is 2.54. The maximum absolute atomic E-state index is 9.11. The van der Waals surface area contributed by atoms with Gasteiger partial charge in [0.2, 0.25) is 0 Å². The molecule has 0 aliphatic heterocycles. The Hall–Kier alpha value is -2.60. The van der Waals surface area contributed by atoms with E-state index in [1.165, 1.54) is 5.56 Å². The lowest BCUT2D eigenvalue weighted by Gasteiger charge is -2.06. The topological polar surface area (TPSA) is 52.5 Å². The SMILES string of the molecule is N#Cc1ccc(Cc2ncc[nH]2)c2ccccc12. The van der Waals surface area contributed by atoms with Crippen molar-refractivity contribution in [2.24, 2.45) is 0 Å². The molecule has 3 heteroatoms. The van der Waals surface area contributed by atoms with Gasteiger partial charge in [0.25, 0.3) is 0 Å². The highest BCUT2D eigenvalue weighted by atomic mass is 14.9. The summed E-state index contributed by atoms with van der Waals surface area (Å²) in [5.41, 5.74) is 1.90. The monoisotopic (exact) mass is 233 g/mol. The predicted octanol–water partition coefficient (Wildman–Crippen LogP) is 3.03. The van der Waals surface area contributed by atoms with E-state index < -0.39 is 0 Å². The predicted molar refractivity (Wildman–Crippen MR) is 70.1 cm³/mol. The van der Waals surface area contributed by atoms with Crippen LogP contribution in [-0.4, -0.2) is 9.97 Å². The van der Waals surface area contributed by atoms with Crippen LogP contribution in [0.1, 0.15) is 17.0 Å². The first-order valence-corrected chi connectivity index (χ1v) is 5.77. The van der Waals surface area contributed by atoms with Gasteiger partial charge in [-0.05, 0) is 22.4 Å². The molecule has 86 valence electrons. The van der Waals surface area contributed by atoms with E-state index in [0.717, 1.165) is 23.0 Å². The number of H-pyrrole nitrogens is 1. The molecule has 3 rings (SSSR count). The summed E-state index contributed by atoms with van der Waals surface area (Å²) in [5, 5.41) is 11.2. The van der Waals surface area contributed by atoms with Crippen LogP contribution in [0.4, 0.5) is 0 Å². The molecule has 0 bridgehead atoms. The van der Waals surface area contributed by atoms with E-state index in [1.54, 1.807) is 6.20 Å². The van der Waals surface area contributed by atoms with Gasteiger partial charge in [-0.2, -0.15) is 5.26 Å². The number of nitrogens with one attached hydrogen (secondary N) is 1. The molecular weight excluding hydrogens is 222 g/mol. The Morgan fingerprint density at radius 2 is 1.94 bits per heavy atom. The molecule has 18 heavy (non-hydrogen) atoms. The van der Waals surface area contributed by atoms with Gasteiger partial charge in [0.05, 0.1) is 11.6 Å². The van der Waals surface area contributed by atoms with E-state index in [2.05, 4.69) is 22.1 Å². The second-order valence-corrected chi connectivity index (χ2v) is 4.14. The van der Waals surface area contributed by atoms with E-state index in [1.807, 2.05) is 36.5 Å². The molecule has 0 fully saturated rings. The Morgan fingerprint density at radius 3 is 2.67 bits per heavy atom. The maximum Gasteiger partial charge on any atom is 0.110 e. The largest absolute Gasteiger partial charge is 0.348 e. The molecule has 0 unspecified atom stereocenters. The van der Waals surface area contributed by atoms with E-state index in [-0.39, 0.29) is 0 Å². The molecule has 1 N–H and O–H groups in total. The van der Waals surface area contributed by atoms with Crippen LogP contribution in [0.3, 0.4) is 0 Å². The van der Waals surface area contributed by atoms with Crippen LogP contribution in [0.2, 0.25) is 0 Å². The van der Waals surface area contributed by atoms with Crippen LogP contribution >= 0.6 is 0 Å². The first kappa shape index (κ1) is 10.5. The fourth-order valence-electron chi connectivity index (χ4n) is 2.19. The van der Waals surface area contributed by atoms with Gasteiger partial charge in [-0.3, -0.25) is 0 Å². The number of hydrogen-bond acceptors (Lipinski definition) is 2. The fourth-order valence-corrected chi connectivity index (χ4v) is 2.19. The van der Waals surface area contributed by atoms with E-state index in [4.69, 9.17) is 5.26 Å². The Morgan fingerprint density at radius 1 is 1.11 bits per heavy atom. The summed E-state index contributed by atoms with van der Waals surface area (Å²) < 4.78 is 0. The number of aromatic nitrogens is 2. The summed E-state index contributed by atoms with van der Waals surface area (Å²) in [6.45, 7) is 0. The van der Waals surface area contributed by atoms with Crippen molar-refractivity contribution >= 4 is 10.8 Å². The lowest BCUT2D eigenvalue weighted by atomic mass is 9.98. The minimum Gasteiger partial charge on any atom is -0.348 e. The van der Waals surface area contributed by atoms with Gasteiger partial charge >= 0.3 is 0 Å². The third-order valence-corrected chi connectivity index (χ3v) is 3.05. The van der Waals surface area contributed by atoms with Crippen LogP contribution in [0.15, 0.2) is 48.8 Å². The van der Waals surface area contributed by atoms with Gasteiger partial charge in [-0.25, -0.2) is 4.98 Å². The van der Waals surface area contributed by atoms with Crippen LogP contribution in [-0.2, 0) is 6.42 Å². The molecule has 1 heterocycles. The molecular formula is C15H11N3. The third-order valence-electron chi connectivity index (χ3n) is 3.05. The normalized spacial score (nSPS) is 10.4. The van der Waals surface area contributed by atoms with Crippen molar-refractivity contribution in [1.29, 1.82) is 5.26 Å². The average Bonchev–Trinajstić information content (AvgIpc) is 2.92. The van der Waals surface area contributed by atoms with Crippen molar-refractivity contribution in [2.75, 3.05) is 0 Å². The van der Waals surface area contributed by atoms with E-state index >= 15 is 0 Å². The number of nitriles is 1. The van der Waals surface area contributed by atoms with Gasteiger partial charge in [0, 0.05) is 18.8 Å². The second kappa shape index (κ2) is 4.34. The third kappa shape index (κ3) is 1.74. The zero-order chi connectivity index (χ0) is 12.4. The van der Waals surface area contributed by atoms with Crippen LogP contribution in [0.25, 0.3) is 10.8 Å². The van der Waals surface area contributed by atoms with Crippen molar-refractivity contribution in [2.45, 2.75) is 6.42 Å². The highest BCUT2D eigenvalue weighted by molar-refractivity contribution is 5.90. The molecule has 1 aromatic heterocycles. The Balaban J connectivity index is 2.16. The Labute approximate surface area is 105 Å². The molecule has 0 aliphatic carbocycles. The highest BCUT2D eigenvalue weighted by Gasteiger charge is 2.06. The number of fused-ring (bicyclic) bond motifs is 1. The highest BCUT2D eigenvalue weighted by Crippen LogP contribution is 2.23. The molecule has 0 saturated carbocycles. The summed E-state index contributed by atoms with van der Waals surface area (Å²) in [5.74, 6) is 0.935. The van der Waals surface area contributed by atoms with Crippen LogP contribution in [0, 0.1) is 11.3 Å². The molecule has 2 aromatic carbocycles. The molecule has 0 amide bonds. The lowest BCUT2D eigenvalue weighted by Crippen LogP contribution is -1.93. The zero-order valence-corrected chi connectivity index (χ0v) is 9.72. The van der Waals surface area contributed by atoms with Crippen molar-refractivity contribution in [1.82, 2.24) is 9.97 Å². The molecule has 0 radical (unpaired) electrons. The standard InChI is InChI=1S/C15H11N3/c16-10-12-6-5-11(9-15-17-7-8-18-15)13-3-1-2-4-14(12)13/h1-8H,9H2,(H,17,18). The minimum atomic E-state index is 0.716. The lowest BCUT2D eigenvalue weighted by molar-refractivity contribution is 1.03. The van der Waals surface area contributed by atoms with Crippen LogP contribution < -0.4 is 0 Å². The quantitative estimate of drug-likeness (QED) is 0.739. The minimum absolute atomic E-state index is 0.716. The van der Waals surface area contributed by atoms with Gasteiger partial charge in [-0.1, -0.05) is 30.3 Å². The summed E-state index contributed by atoms with van der Waals surface area (Å²) >= 11 is 0. The summed E-state index contributed by atoms with van der Waals surface area (Å²) in [6, 6.07) is 14.1. The zero-order valence-electron chi connectivity index (χ0n) is 9.72. The van der Waals surface area contributed by atoms with Crippen LogP contribution in [0.5, 0.6) is 0 Å². The maximum atomic E-state index is 9.11. The number of rotatable bonds is 2. The molecule has 3 aromatic rings. The van der Waals surface area contributed by atoms with Crippen molar-refractivity contribution in [3.63, 3.8) is 0 Å². The first-order chi connectivity index (χ1) is 8.88. The van der Waals surface area contributed by atoms with E-state index in [0.29, 0.717) is 5.56 Å². The van der Waals surface area contributed by atoms with Gasteiger partial charge in [0.15, 0.2) is 0 Å². The molecule has 3 nitrogen and oxygen atoms in total. The van der Waals surface area contributed by atoms with E-state index in [9.17, 15) is 0 Å². The average molecular weight is 233 g/mol. The Bertz CT molecular complexity index is 721. The van der Waals surface area contributed by atoms with Gasteiger partial charge in [0.1, 0.15) is 5.82 Å². The smallest absolute Gasteiger partial charge is 0.110 e. The van der Waals surface area contributed by atoms with Crippen molar-refractivity contribution in [3.05, 3.63) is 65.7 Å². The van der Waals surface area contributed by atoms with Gasteiger partial charge in [-0.15, -0.1) is 0 Å². The number of hydrogen-bond donors (Lipinski definition) is 1. The fraction of sp³-hybridized carbons (Fsp3) is 0.0667. The summed E-state index contributed by atoms with van der Waals surface area (Å²) in [7, 11) is 0. The number of benzene rings is 2. The molecule has 0 atom stereocenters. The number of aromatic amines is 1. The molecule has 0 spiro atoms. The summed E-state index contributed by atoms with van der Waals surface area (Å²) in [6.07, 6.45) is 4.32. The van der Waals surface area contributed by atoms with Gasteiger partial charge < -0.3 is 4.98 Å². The summed E-state index contributed by atoms with van der Waals surface area (Å²) in [4.78, 5) is 7.34. The number of imidazole rings is 1. The molecule has 0 aliphatic rings. The number of nitrogens with zero attached hydrogens (tertiary/aromatic N) is 2. The second-order valence-electron chi connectivity index (χ2n) is 4.14. The first-order valence-electron chi connectivity index (χ1n) is 5.77.